The number of benzene rings is 3. The minimum atomic E-state index is -4.70. The normalized spacial score (nSPS) is 11.7. The molecule has 4 rings (SSSR count). The van der Waals surface area contributed by atoms with Gasteiger partial charge in [-0.1, -0.05) is 48.0 Å². The molecule has 0 saturated carbocycles. The molecule has 1 aromatic heterocycles. The standard InChI is InChI=1S/C28H19ClF3NO5/c1-15-11-18-23(14-21(15)29)38-27(37)19(26(18)17-6-4-5-16(12-17)9-10-25(35)36)13-24(34)33-22-8-3-2-7-20(22)28(30,31)32/h2-12,14H,13H2,1H3,(H,33,34)(H,35,36)/p-1/b10-9+. The van der Waals surface area contributed by atoms with E-state index in [9.17, 15) is 32.7 Å². The summed E-state index contributed by atoms with van der Waals surface area (Å²) < 4.78 is 45.6. The summed E-state index contributed by atoms with van der Waals surface area (Å²) in [5.41, 5.74) is -0.439. The maximum Gasteiger partial charge on any atom is 0.418 e. The quantitative estimate of drug-likeness (QED) is 0.261. The number of hydrogen-bond donors (Lipinski definition) is 1. The number of halogens is 4. The topological polar surface area (TPSA) is 99.4 Å². The lowest BCUT2D eigenvalue weighted by molar-refractivity contribution is -0.297. The van der Waals surface area contributed by atoms with E-state index in [0.717, 1.165) is 18.2 Å². The third-order valence-corrected chi connectivity index (χ3v) is 6.12. The van der Waals surface area contributed by atoms with Gasteiger partial charge in [0.1, 0.15) is 5.58 Å². The third kappa shape index (κ3) is 5.78. The van der Waals surface area contributed by atoms with Gasteiger partial charge < -0.3 is 19.6 Å². The fourth-order valence-corrected chi connectivity index (χ4v) is 4.17. The predicted molar refractivity (Wildman–Crippen MR) is 135 cm³/mol. The van der Waals surface area contributed by atoms with Crippen LogP contribution < -0.4 is 16.0 Å². The largest absolute Gasteiger partial charge is 0.545 e. The Labute approximate surface area is 219 Å². The average molecular weight is 541 g/mol. The molecule has 0 radical (unpaired) electrons. The highest BCUT2D eigenvalue weighted by atomic mass is 35.5. The molecule has 0 spiro atoms. The number of carboxylic acids is 1. The lowest BCUT2D eigenvalue weighted by Crippen LogP contribution is -2.22. The summed E-state index contributed by atoms with van der Waals surface area (Å²) in [5.74, 6) is -2.27. The highest BCUT2D eigenvalue weighted by Gasteiger charge is 2.33. The van der Waals surface area contributed by atoms with Crippen molar-refractivity contribution in [1.29, 1.82) is 0 Å². The smallest absolute Gasteiger partial charge is 0.418 e. The van der Waals surface area contributed by atoms with Crippen molar-refractivity contribution >= 4 is 46.2 Å². The number of anilines is 1. The summed E-state index contributed by atoms with van der Waals surface area (Å²) in [7, 11) is 0. The third-order valence-electron chi connectivity index (χ3n) is 5.71. The first-order valence-corrected chi connectivity index (χ1v) is 11.5. The number of carbonyl (C=O) groups is 2. The molecular formula is C28H18ClF3NO5-. The molecule has 194 valence electrons. The predicted octanol–water partition coefficient (Wildman–Crippen LogP) is 5.38. The fraction of sp³-hybridized carbons (Fsp3) is 0.107. The van der Waals surface area contributed by atoms with Crippen molar-refractivity contribution in [3.05, 3.63) is 104 Å². The van der Waals surface area contributed by atoms with E-state index in [-0.39, 0.29) is 11.1 Å². The number of aryl methyl sites for hydroxylation is 1. The van der Waals surface area contributed by atoms with Gasteiger partial charge in [-0.3, -0.25) is 4.79 Å². The zero-order chi connectivity index (χ0) is 27.6. The van der Waals surface area contributed by atoms with Crippen LogP contribution >= 0.6 is 11.6 Å². The molecule has 3 aromatic carbocycles. The minimum Gasteiger partial charge on any atom is -0.545 e. The van der Waals surface area contributed by atoms with Crippen molar-refractivity contribution in [3.63, 3.8) is 0 Å². The molecule has 0 unspecified atom stereocenters. The van der Waals surface area contributed by atoms with E-state index in [1.165, 1.54) is 24.3 Å². The summed E-state index contributed by atoms with van der Waals surface area (Å²) in [6.45, 7) is 1.73. The summed E-state index contributed by atoms with van der Waals surface area (Å²) >= 11 is 6.21. The van der Waals surface area contributed by atoms with Crippen molar-refractivity contribution in [2.75, 3.05) is 5.32 Å². The Bertz CT molecular complexity index is 1660. The molecule has 1 N–H and O–H groups in total. The van der Waals surface area contributed by atoms with Crippen LogP contribution in [0.3, 0.4) is 0 Å². The molecule has 0 bridgehead atoms. The number of aliphatic carboxylic acids is 1. The maximum atomic E-state index is 13.4. The van der Waals surface area contributed by atoms with Gasteiger partial charge in [-0.25, -0.2) is 4.79 Å². The van der Waals surface area contributed by atoms with Gasteiger partial charge in [-0.15, -0.1) is 0 Å². The Morgan fingerprint density at radius 2 is 1.82 bits per heavy atom. The number of carbonyl (C=O) groups excluding carboxylic acids is 2. The van der Waals surface area contributed by atoms with Crippen molar-refractivity contribution in [1.82, 2.24) is 0 Å². The van der Waals surface area contributed by atoms with E-state index in [4.69, 9.17) is 16.0 Å². The lowest BCUT2D eigenvalue weighted by Gasteiger charge is -2.15. The first-order valence-electron chi connectivity index (χ1n) is 11.2. The summed E-state index contributed by atoms with van der Waals surface area (Å²) in [4.78, 5) is 36.9. The Morgan fingerprint density at radius 3 is 2.53 bits per heavy atom. The number of hydrogen-bond acceptors (Lipinski definition) is 5. The number of nitrogens with one attached hydrogen (secondary N) is 1. The van der Waals surface area contributed by atoms with Gasteiger partial charge in [0.2, 0.25) is 5.91 Å². The second kappa shape index (κ2) is 10.5. The van der Waals surface area contributed by atoms with Gasteiger partial charge in [0.05, 0.1) is 29.2 Å². The summed E-state index contributed by atoms with van der Waals surface area (Å²) in [5, 5.41) is 13.9. The molecule has 0 aliphatic carbocycles. The number of rotatable bonds is 6. The van der Waals surface area contributed by atoms with E-state index in [0.29, 0.717) is 32.7 Å². The zero-order valence-corrected chi connectivity index (χ0v) is 20.4. The second-order valence-corrected chi connectivity index (χ2v) is 8.79. The summed E-state index contributed by atoms with van der Waals surface area (Å²) in [6.07, 6.45) is -3.16. The van der Waals surface area contributed by atoms with Crippen LogP contribution in [0.1, 0.15) is 22.3 Å². The van der Waals surface area contributed by atoms with Crippen molar-refractivity contribution < 1.29 is 32.3 Å². The second-order valence-electron chi connectivity index (χ2n) is 8.39. The number of fused-ring (bicyclic) bond motifs is 1. The van der Waals surface area contributed by atoms with Crippen molar-refractivity contribution in [2.45, 2.75) is 19.5 Å². The van der Waals surface area contributed by atoms with E-state index in [1.54, 1.807) is 37.3 Å². The zero-order valence-electron chi connectivity index (χ0n) is 19.7. The molecule has 38 heavy (non-hydrogen) atoms. The van der Waals surface area contributed by atoms with E-state index >= 15 is 0 Å². The van der Waals surface area contributed by atoms with Gasteiger partial charge in [0.15, 0.2) is 0 Å². The first kappa shape index (κ1) is 26.7. The maximum absolute atomic E-state index is 13.4. The molecule has 1 amide bonds. The molecule has 4 aromatic rings. The Morgan fingerprint density at radius 1 is 1.08 bits per heavy atom. The van der Waals surface area contributed by atoms with E-state index < -0.39 is 41.4 Å². The SMILES string of the molecule is Cc1cc2c(-c3cccc(/C=C/C(=O)[O-])c3)c(CC(=O)Nc3ccccc3C(F)(F)F)c(=O)oc2cc1Cl. The molecular weight excluding hydrogens is 523 g/mol. The number of amides is 1. The fourth-order valence-electron chi connectivity index (χ4n) is 4.02. The molecule has 0 fully saturated rings. The van der Waals surface area contributed by atoms with Gasteiger partial charge in [-0.05, 0) is 54.0 Å². The Balaban J connectivity index is 1.85. The molecule has 0 saturated heterocycles. The van der Waals surface area contributed by atoms with E-state index in [1.807, 2.05) is 0 Å². The van der Waals surface area contributed by atoms with Gasteiger partial charge in [-0.2, -0.15) is 13.2 Å². The number of carboxylic acid groups (broad SMARTS) is 1. The summed E-state index contributed by atoms with van der Waals surface area (Å²) in [6, 6.07) is 14.1. The van der Waals surface area contributed by atoms with Crippen LogP contribution in [0.2, 0.25) is 5.02 Å². The van der Waals surface area contributed by atoms with Gasteiger partial charge in [0, 0.05) is 22.0 Å². The highest BCUT2D eigenvalue weighted by molar-refractivity contribution is 6.32. The number of alkyl halides is 3. The molecule has 10 heteroatoms. The van der Waals surface area contributed by atoms with Crippen molar-refractivity contribution in [3.8, 4) is 11.1 Å². The molecule has 0 atom stereocenters. The van der Waals surface area contributed by atoms with Crippen LogP contribution in [0.5, 0.6) is 0 Å². The van der Waals surface area contributed by atoms with E-state index in [2.05, 4.69) is 5.32 Å². The Kier molecular flexibility index (Phi) is 7.41. The van der Waals surface area contributed by atoms with Crippen LogP contribution in [0.15, 0.2) is 76.0 Å². The monoisotopic (exact) mass is 540 g/mol. The lowest BCUT2D eigenvalue weighted by atomic mass is 9.93. The van der Waals surface area contributed by atoms with Gasteiger partial charge >= 0.3 is 11.8 Å². The van der Waals surface area contributed by atoms with Crippen LogP contribution in [0.25, 0.3) is 28.2 Å². The molecule has 1 heterocycles. The average Bonchev–Trinajstić information content (AvgIpc) is 2.84. The molecule has 0 aliphatic heterocycles. The Hall–Kier alpha value is -4.37. The first-order chi connectivity index (χ1) is 17.9. The highest BCUT2D eigenvalue weighted by Crippen LogP contribution is 2.36. The van der Waals surface area contributed by atoms with Crippen LogP contribution in [0, 0.1) is 6.92 Å². The minimum absolute atomic E-state index is 0.0951. The van der Waals surface area contributed by atoms with Crippen LogP contribution in [-0.2, 0) is 22.2 Å². The molecule has 6 nitrogen and oxygen atoms in total. The van der Waals surface area contributed by atoms with Gasteiger partial charge in [0.25, 0.3) is 0 Å². The van der Waals surface area contributed by atoms with Crippen LogP contribution in [-0.4, -0.2) is 11.9 Å². The van der Waals surface area contributed by atoms with Crippen LogP contribution in [0.4, 0.5) is 18.9 Å². The number of para-hydroxylation sites is 1. The van der Waals surface area contributed by atoms with Crippen molar-refractivity contribution in [2.24, 2.45) is 0 Å². The molecule has 0 aliphatic rings.